The van der Waals surface area contributed by atoms with Gasteiger partial charge in [-0.15, -0.1) is 0 Å². The van der Waals surface area contributed by atoms with Crippen LogP contribution in [-0.4, -0.2) is 17.9 Å². The van der Waals surface area contributed by atoms with Crippen molar-refractivity contribution in [1.29, 1.82) is 0 Å². The molecule has 4 heteroatoms. The van der Waals surface area contributed by atoms with Crippen LogP contribution in [0.15, 0.2) is 42.5 Å². The highest BCUT2D eigenvalue weighted by atomic mass is 35.5. The van der Waals surface area contributed by atoms with E-state index in [9.17, 15) is 9.59 Å². The summed E-state index contributed by atoms with van der Waals surface area (Å²) in [6, 6.07) is 13.3. The summed E-state index contributed by atoms with van der Waals surface area (Å²) < 4.78 is 5.32. The number of halogens is 1. The first-order valence-electron chi connectivity index (χ1n) is 7.80. The third-order valence-electron chi connectivity index (χ3n) is 3.39. The van der Waals surface area contributed by atoms with Gasteiger partial charge in [0.15, 0.2) is 6.29 Å². The van der Waals surface area contributed by atoms with Crippen LogP contribution < -0.4 is 0 Å². The van der Waals surface area contributed by atoms with E-state index in [0.29, 0.717) is 17.0 Å². The standard InChI is InChI=1S/C20H21ClO3/c1-20(2,3)24-19(23)12-15-6-4-14(5-7-15)10-16-8-9-18(21)17(11-16)13-22/h4-9,11,13H,10,12H2,1-3H3. The molecule has 0 spiro atoms. The molecule has 0 fully saturated rings. The average Bonchev–Trinajstić information content (AvgIpc) is 2.49. The number of aldehydes is 1. The molecule has 2 aromatic rings. The molecule has 0 aliphatic carbocycles. The Labute approximate surface area is 147 Å². The lowest BCUT2D eigenvalue weighted by molar-refractivity contribution is -0.153. The number of benzene rings is 2. The molecule has 0 aliphatic rings. The van der Waals surface area contributed by atoms with Crippen molar-refractivity contribution in [2.75, 3.05) is 0 Å². The Bertz CT molecular complexity index is 728. The fourth-order valence-electron chi connectivity index (χ4n) is 2.35. The molecule has 0 N–H and O–H groups in total. The molecule has 0 saturated heterocycles. The molecule has 0 bridgehead atoms. The summed E-state index contributed by atoms with van der Waals surface area (Å²) in [7, 11) is 0. The zero-order valence-electron chi connectivity index (χ0n) is 14.1. The number of hydrogen-bond acceptors (Lipinski definition) is 3. The third-order valence-corrected chi connectivity index (χ3v) is 3.73. The van der Waals surface area contributed by atoms with Crippen molar-refractivity contribution in [1.82, 2.24) is 0 Å². The predicted molar refractivity (Wildman–Crippen MR) is 95.6 cm³/mol. The largest absolute Gasteiger partial charge is 0.460 e. The van der Waals surface area contributed by atoms with Crippen LogP contribution in [0.2, 0.25) is 5.02 Å². The first kappa shape index (κ1) is 18.2. The zero-order valence-corrected chi connectivity index (χ0v) is 14.9. The molecule has 0 heterocycles. The quantitative estimate of drug-likeness (QED) is 0.586. The van der Waals surface area contributed by atoms with Crippen LogP contribution >= 0.6 is 11.6 Å². The van der Waals surface area contributed by atoms with Gasteiger partial charge in [0.25, 0.3) is 0 Å². The van der Waals surface area contributed by atoms with Crippen LogP contribution in [-0.2, 0) is 22.4 Å². The van der Waals surface area contributed by atoms with Crippen molar-refractivity contribution >= 4 is 23.9 Å². The molecular formula is C20H21ClO3. The van der Waals surface area contributed by atoms with Gasteiger partial charge in [0.1, 0.15) is 5.60 Å². The zero-order chi connectivity index (χ0) is 17.7. The number of ether oxygens (including phenoxy) is 1. The fraction of sp³-hybridized carbons (Fsp3) is 0.300. The van der Waals surface area contributed by atoms with Gasteiger partial charge in [0.2, 0.25) is 0 Å². The van der Waals surface area contributed by atoms with Crippen LogP contribution in [0.25, 0.3) is 0 Å². The van der Waals surface area contributed by atoms with E-state index in [2.05, 4.69) is 0 Å². The molecule has 126 valence electrons. The summed E-state index contributed by atoms with van der Waals surface area (Å²) in [5.74, 6) is -0.233. The number of rotatable bonds is 5. The van der Waals surface area contributed by atoms with Crippen molar-refractivity contribution in [2.24, 2.45) is 0 Å². The maximum absolute atomic E-state index is 11.8. The van der Waals surface area contributed by atoms with Gasteiger partial charge in [-0.3, -0.25) is 9.59 Å². The van der Waals surface area contributed by atoms with Crippen LogP contribution in [0.1, 0.15) is 47.8 Å². The van der Waals surface area contributed by atoms with Crippen LogP contribution in [0.5, 0.6) is 0 Å². The minimum atomic E-state index is -0.470. The second kappa shape index (κ2) is 7.63. The van der Waals surface area contributed by atoms with E-state index in [4.69, 9.17) is 16.3 Å². The Morgan fingerprint density at radius 1 is 1.04 bits per heavy atom. The summed E-state index contributed by atoms with van der Waals surface area (Å²) in [5, 5.41) is 0.460. The van der Waals surface area contributed by atoms with E-state index in [1.807, 2.05) is 51.1 Å². The predicted octanol–water partition coefficient (Wildman–Crippen LogP) is 4.63. The Balaban J connectivity index is 2.02. The van der Waals surface area contributed by atoms with E-state index in [0.717, 1.165) is 23.0 Å². The molecule has 0 unspecified atom stereocenters. The second-order valence-corrected chi connectivity index (χ2v) is 7.14. The van der Waals surface area contributed by atoms with Crippen molar-refractivity contribution in [2.45, 2.75) is 39.2 Å². The number of esters is 1. The molecular weight excluding hydrogens is 324 g/mol. The molecule has 2 rings (SSSR count). The normalized spacial score (nSPS) is 11.2. The molecule has 0 aromatic heterocycles. The minimum absolute atomic E-state index is 0.233. The van der Waals surface area contributed by atoms with E-state index in [1.165, 1.54) is 0 Å². The van der Waals surface area contributed by atoms with Crippen molar-refractivity contribution < 1.29 is 14.3 Å². The molecule has 2 aromatic carbocycles. The lowest BCUT2D eigenvalue weighted by atomic mass is 10.0. The summed E-state index contributed by atoms with van der Waals surface area (Å²) in [6.07, 6.45) is 1.72. The fourth-order valence-corrected chi connectivity index (χ4v) is 2.51. The highest BCUT2D eigenvalue weighted by molar-refractivity contribution is 6.32. The molecule has 3 nitrogen and oxygen atoms in total. The maximum Gasteiger partial charge on any atom is 0.310 e. The molecule has 0 saturated carbocycles. The van der Waals surface area contributed by atoms with Gasteiger partial charge in [-0.25, -0.2) is 0 Å². The Morgan fingerprint density at radius 2 is 1.62 bits per heavy atom. The SMILES string of the molecule is CC(C)(C)OC(=O)Cc1ccc(Cc2ccc(Cl)c(C=O)c2)cc1. The Kier molecular flexibility index (Phi) is 5.79. The lowest BCUT2D eigenvalue weighted by Gasteiger charge is -2.19. The smallest absolute Gasteiger partial charge is 0.310 e. The van der Waals surface area contributed by atoms with Crippen LogP contribution in [0.4, 0.5) is 0 Å². The van der Waals surface area contributed by atoms with Crippen molar-refractivity contribution in [3.8, 4) is 0 Å². The first-order chi connectivity index (χ1) is 11.3. The molecule has 0 aliphatic heterocycles. The van der Waals surface area contributed by atoms with E-state index in [-0.39, 0.29) is 12.4 Å². The molecule has 0 radical (unpaired) electrons. The van der Waals surface area contributed by atoms with Crippen molar-refractivity contribution in [3.63, 3.8) is 0 Å². The summed E-state index contributed by atoms with van der Waals surface area (Å²) in [4.78, 5) is 22.8. The van der Waals surface area contributed by atoms with Gasteiger partial charge in [-0.2, -0.15) is 0 Å². The maximum atomic E-state index is 11.8. The number of carbonyl (C=O) groups excluding carboxylic acids is 2. The van der Waals surface area contributed by atoms with Gasteiger partial charge < -0.3 is 4.74 Å². The van der Waals surface area contributed by atoms with Gasteiger partial charge in [-0.1, -0.05) is 41.9 Å². The third kappa shape index (κ3) is 5.50. The summed E-state index contributed by atoms with van der Waals surface area (Å²) in [6.45, 7) is 5.56. The Hall–Kier alpha value is -2.13. The van der Waals surface area contributed by atoms with Gasteiger partial charge >= 0.3 is 5.97 Å². The monoisotopic (exact) mass is 344 g/mol. The van der Waals surface area contributed by atoms with Crippen LogP contribution in [0.3, 0.4) is 0 Å². The second-order valence-electron chi connectivity index (χ2n) is 6.73. The first-order valence-corrected chi connectivity index (χ1v) is 8.18. The van der Waals surface area contributed by atoms with Gasteiger partial charge in [0, 0.05) is 5.56 Å². The average molecular weight is 345 g/mol. The molecule has 24 heavy (non-hydrogen) atoms. The van der Waals surface area contributed by atoms with Gasteiger partial charge in [0.05, 0.1) is 11.4 Å². The summed E-state index contributed by atoms with van der Waals surface area (Å²) >= 11 is 5.94. The molecule has 0 amide bonds. The Morgan fingerprint density at radius 3 is 2.21 bits per heavy atom. The van der Waals surface area contributed by atoms with Crippen molar-refractivity contribution in [3.05, 3.63) is 69.7 Å². The highest BCUT2D eigenvalue weighted by Crippen LogP contribution is 2.19. The lowest BCUT2D eigenvalue weighted by Crippen LogP contribution is -2.24. The topological polar surface area (TPSA) is 43.4 Å². The van der Waals surface area contributed by atoms with Gasteiger partial charge in [-0.05, 0) is 56.0 Å². The molecule has 0 atom stereocenters. The van der Waals surface area contributed by atoms with Crippen LogP contribution in [0, 0.1) is 0 Å². The number of carbonyl (C=O) groups is 2. The van der Waals surface area contributed by atoms with E-state index in [1.54, 1.807) is 12.1 Å². The van der Waals surface area contributed by atoms with E-state index >= 15 is 0 Å². The number of hydrogen-bond donors (Lipinski definition) is 0. The highest BCUT2D eigenvalue weighted by Gasteiger charge is 2.16. The minimum Gasteiger partial charge on any atom is -0.460 e. The van der Waals surface area contributed by atoms with E-state index < -0.39 is 5.60 Å². The summed E-state index contributed by atoms with van der Waals surface area (Å²) in [5.41, 5.74) is 3.05.